The number of hydrogen-bond acceptors (Lipinski definition) is 2. The Morgan fingerprint density at radius 3 is 2.50 bits per heavy atom. The molecule has 1 saturated carbocycles. The molecule has 0 radical (unpaired) electrons. The third-order valence-corrected chi connectivity index (χ3v) is 4.85. The van der Waals surface area contributed by atoms with Crippen molar-refractivity contribution in [3.63, 3.8) is 0 Å². The van der Waals surface area contributed by atoms with Crippen LogP contribution in [0.15, 0.2) is 28.7 Å². The zero-order chi connectivity index (χ0) is 14.4. The monoisotopic (exact) mass is 333 g/mol. The summed E-state index contributed by atoms with van der Waals surface area (Å²) >= 11 is 3.44. The second kappa shape index (κ2) is 7.59. The fourth-order valence-corrected chi connectivity index (χ4v) is 3.51. The Bertz CT molecular complexity index is 498. The van der Waals surface area contributed by atoms with Crippen molar-refractivity contribution in [2.75, 3.05) is 0 Å². The molecule has 1 aliphatic carbocycles. The van der Waals surface area contributed by atoms with Crippen LogP contribution in [0.1, 0.15) is 56.4 Å². The van der Waals surface area contributed by atoms with Gasteiger partial charge in [-0.05, 0) is 17.5 Å². The van der Waals surface area contributed by atoms with Gasteiger partial charge >= 0.3 is 0 Å². The van der Waals surface area contributed by atoms with Gasteiger partial charge in [0, 0.05) is 10.9 Å². The molecule has 1 unspecified atom stereocenters. The minimum atomic E-state index is -0.631. The Morgan fingerprint density at radius 2 is 1.90 bits per heavy atom. The molecule has 0 spiro atoms. The summed E-state index contributed by atoms with van der Waals surface area (Å²) in [6.45, 7) is 0. The first-order valence-corrected chi connectivity index (χ1v) is 8.18. The molecular formula is C17H20BrNO. The number of Topliss-reactive ketones (excluding diaryl/α,β-unsaturated/α-hetero) is 1. The molecule has 0 aliphatic heterocycles. The highest BCUT2D eigenvalue weighted by Gasteiger charge is 2.25. The van der Waals surface area contributed by atoms with Crippen molar-refractivity contribution in [1.29, 1.82) is 5.26 Å². The maximum atomic E-state index is 12.5. The van der Waals surface area contributed by atoms with E-state index in [0.717, 1.165) is 22.9 Å². The third-order valence-electron chi connectivity index (χ3n) is 4.13. The van der Waals surface area contributed by atoms with Crippen LogP contribution in [0.5, 0.6) is 0 Å². The molecule has 0 N–H and O–H groups in total. The van der Waals surface area contributed by atoms with Crippen LogP contribution in [0.25, 0.3) is 0 Å². The highest BCUT2D eigenvalue weighted by Crippen LogP contribution is 2.30. The minimum absolute atomic E-state index is 0.0753. The van der Waals surface area contributed by atoms with Crippen molar-refractivity contribution in [2.24, 2.45) is 5.92 Å². The number of rotatable bonds is 4. The van der Waals surface area contributed by atoms with E-state index in [1.165, 1.54) is 25.7 Å². The number of nitrogens with zero attached hydrogens (tertiary/aromatic N) is 1. The van der Waals surface area contributed by atoms with E-state index in [9.17, 15) is 10.1 Å². The van der Waals surface area contributed by atoms with E-state index in [1.54, 1.807) is 0 Å². The van der Waals surface area contributed by atoms with Gasteiger partial charge in [0.2, 0.25) is 0 Å². The first-order chi connectivity index (χ1) is 9.72. The van der Waals surface area contributed by atoms with Crippen LogP contribution in [0.2, 0.25) is 0 Å². The molecule has 1 fully saturated rings. The number of carbonyl (C=O) groups is 1. The second-order valence-corrected chi connectivity index (χ2v) is 6.47. The van der Waals surface area contributed by atoms with Gasteiger partial charge in [0.15, 0.2) is 5.78 Å². The van der Waals surface area contributed by atoms with Crippen molar-refractivity contribution >= 4 is 21.7 Å². The highest BCUT2D eigenvalue weighted by molar-refractivity contribution is 9.10. The SMILES string of the molecule is N#CC(C(=O)CC1CCCCCC1)c1ccccc1Br. The second-order valence-electron chi connectivity index (χ2n) is 5.61. The van der Waals surface area contributed by atoms with Gasteiger partial charge in [-0.1, -0.05) is 72.7 Å². The van der Waals surface area contributed by atoms with Crippen LogP contribution in [0, 0.1) is 17.2 Å². The predicted molar refractivity (Wildman–Crippen MR) is 83.3 cm³/mol. The van der Waals surface area contributed by atoms with Crippen molar-refractivity contribution < 1.29 is 4.79 Å². The summed E-state index contributed by atoms with van der Waals surface area (Å²) in [5.74, 6) is -0.0801. The Hall–Kier alpha value is -1.14. The molecule has 3 heteroatoms. The molecule has 0 saturated heterocycles. The van der Waals surface area contributed by atoms with Crippen LogP contribution in [0.3, 0.4) is 0 Å². The molecule has 1 aromatic carbocycles. The van der Waals surface area contributed by atoms with Gasteiger partial charge in [0.25, 0.3) is 0 Å². The van der Waals surface area contributed by atoms with Crippen LogP contribution in [-0.4, -0.2) is 5.78 Å². The summed E-state index contributed by atoms with van der Waals surface area (Å²) in [6, 6.07) is 9.72. The van der Waals surface area contributed by atoms with E-state index in [1.807, 2.05) is 24.3 Å². The largest absolute Gasteiger partial charge is 0.298 e. The van der Waals surface area contributed by atoms with Crippen molar-refractivity contribution in [3.05, 3.63) is 34.3 Å². The minimum Gasteiger partial charge on any atom is -0.298 e. The summed E-state index contributed by atoms with van der Waals surface area (Å²) in [5, 5.41) is 9.37. The number of benzene rings is 1. The van der Waals surface area contributed by atoms with E-state index in [0.29, 0.717) is 12.3 Å². The Kier molecular flexibility index (Phi) is 5.79. The van der Waals surface area contributed by atoms with Crippen molar-refractivity contribution in [3.8, 4) is 6.07 Å². The summed E-state index contributed by atoms with van der Waals surface area (Å²) < 4.78 is 0.848. The standard InChI is InChI=1S/C17H20BrNO/c18-16-10-6-5-9-14(16)15(12-19)17(20)11-13-7-3-1-2-4-8-13/h5-6,9-10,13,15H,1-4,7-8,11H2. The molecule has 0 amide bonds. The van der Waals surface area contributed by atoms with Gasteiger partial charge in [0.05, 0.1) is 6.07 Å². The van der Waals surface area contributed by atoms with Crippen molar-refractivity contribution in [1.82, 2.24) is 0 Å². The molecule has 1 aromatic rings. The highest BCUT2D eigenvalue weighted by atomic mass is 79.9. The lowest BCUT2D eigenvalue weighted by atomic mass is 9.87. The van der Waals surface area contributed by atoms with Crippen molar-refractivity contribution in [2.45, 2.75) is 50.9 Å². The summed E-state index contributed by atoms with van der Waals surface area (Å²) in [6.07, 6.45) is 7.86. The molecule has 20 heavy (non-hydrogen) atoms. The lowest BCUT2D eigenvalue weighted by Gasteiger charge is -2.16. The molecule has 1 atom stereocenters. The topological polar surface area (TPSA) is 40.9 Å². The van der Waals surface area contributed by atoms with E-state index < -0.39 is 5.92 Å². The molecule has 2 rings (SSSR count). The zero-order valence-corrected chi connectivity index (χ0v) is 13.2. The fraction of sp³-hybridized carbons (Fsp3) is 0.529. The normalized spacial score (nSPS) is 18.0. The first-order valence-electron chi connectivity index (χ1n) is 7.39. The van der Waals surface area contributed by atoms with E-state index in [4.69, 9.17) is 0 Å². The summed E-state index contributed by atoms with van der Waals surface area (Å²) in [7, 11) is 0. The molecule has 1 aliphatic rings. The van der Waals surface area contributed by atoms with Crippen LogP contribution < -0.4 is 0 Å². The average molecular weight is 334 g/mol. The third kappa shape index (κ3) is 3.93. The lowest BCUT2D eigenvalue weighted by Crippen LogP contribution is -2.16. The number of halogens is 1. The molecule has 0 heterocycles. The van der Waals surface area contributed by atoms with E-state index in [2.05, 4.69) is 22.0 Å². The van der Waals surface area contributed by atoms with Gasteiger partial charge in [-0.3, -0.25) is 4.79 Å². The molecular weight excluding hydrogens is 314 g/mol. The Balaban J connectivity index is 2.06. The lowest BCUT2D eigenvalue weighted by molar-refractivity contribution is -0.120. The Morgan fingerprint density at radius 1 is 1.25 bits per heavy atom. The van der Waals surface area contributed by atoms with Gasteiger partial charge in [0.1, 0.15) is 5.92 Å². The smallest absolute Gasteiger partial charge is 0.154 e. The van der Waals surface area contributed by atoms with Gasteiger partial charge in [-0.25, -0.2) is 0 Å². The average Bonchev–Trinajstić information content (AvgIpc) is 2.70. The maximum Gasteiger partial charge on any atom is 0.154 e. The number of nitriles is 1. The quantitative estimate of drug-likeness (QED) is 0.728. The van der Waals surface area contributed by atoms with Gasteiger partial charge in [-0.2, -0.15) is 5.26 Å². The molecule has 2 nitrogen and oxygen atoms in total. The Labute approximate surface area is 129 Å². The van der Waals surface area contributed by atoms with Crippen LogP contribution >= 0.6 is 15.9 Å². The number of ketones is 1. The molecule has 0 aromatic heterocycles. The first kappa shape index (κ1) is 15.3. The molecule has 0 bridgehead atoms. The zero-order valence-electron chi connectivity index (χ0n) is 11.6. The van der Waals surface area contributed by atoms with Crippen LogP contribution in [0.4, 0.5) is 0 Å². The number of hydrogen-bond donors (Lipinski definition) is 0. The maximum absolute atomic E-state index is 12.5. The molecule has 106 valence electrons. The number of carbonyl (C=O) groups excluding carboxylic acids is 1. The van der Waals surface area contributed by atoms with Gasteiger partial charge < -0.3 is 0 Å². The van der Waals surface area contributed by atoms with E-state index >= 15 is 0 Å². The predicted octanol–water partition coefficient (Wildman–Crippen LogP) is 4.99. The fourth-order valence-electron chi connectivity index (χ4n) is 2.99. The van der Waals surface area contributed by atoms with E-state index in [-0.39, 0.29) is 5.78 Å². The van der Waals surface area contributed by atoms with Gasteiger partial charge in [-0.15, -0.1) is 0 Å². The summed E-state index contributed by atoms with van der Waals surface area (Å²) in [4.78, 5) is 12.5. The van der Waals surface area contributed by atoms with Crippen LogP contribution in [-0.2, 0) is 4.79 Å². The summed E-state index contributed by atoms with van der Waals surface area (Å²) in [5.41, 5.74) is 0.800.